The van der Waals surface area contributed by atoms with Gasteiger partial charge in [-0.25, -0.2) is 4.39 Å². The lowest BCUT2D eigenvalue weighted by Gasteiger charge is -2.18. The predicted octanol–water partition coefficient (Wildman–Crippen LogP) is 4.32. The van der Waals surface area contributed by atoms with E-state index in [1.54, 1.807) is 0 Å². The number of ether oxygens (including phenoxy) is 1. The van der Waals surface area contributed by atoms with Gasteiger partial charge in [-0.1, -0.05) is 39.7 Å². The van der Waals surface area contributed by atoms with Gasteiger partial charge in [-0.15, -0.1) is 0 Å². The quantitative estimate of drug-likeness (QED) is 0.896. The summed E-state index contributed by atoms with van der Waals surface area (Å²) in [5, 5.41) is 0.0301. The van der Waals surface area contributed by atoms with Gasteiger partial charge >= 0.3 is 0 Å². The van der Waals surface area contributed by atoms with Crippen LogP contribution in [0.1, 0.15) is 11.7 Å². The van der Waals surface area contributed by atoms with Crippen molar-refractivity contribution in [2.24, 2.45) is 5.73 Å². The van der Waals surface area contributed by atoms with E-state index >= 15 is 0 Å². The summed E-state index contributed by atoms with van der Waals surface area (Å²) in [6.07, 6.45) is -0.306. The Bertz CT molecular complexity index is 579. The molecule has 0 aromatic heterocycles. The Morgan fingerprint density at radius 2 is 2.05 bits per heavy atom. The minimum absolute atomic E-state index is 0.0301. The van der Waals surface area contributed by atoms with E-state index in [-0.39, 0.29) is 11.1 Å². The maximum atomic E-state index is 13.1. The van der Waals surface area contributed by atoms with Crippen molar-refractivity contribution in [1.82, 2.24) is 0 Å². The smallest absolute Gasteiger partial charge is 0.142 e. The highest BCUT2D eigenvalue weighted by Crippen LogP contribution is 2.26. The summed E-state index contributed by atoms with van der Waals surface area (Å²) in [5.74, 6) is 0.0163. The van der Waals surface area contributed by atoms with Crippen LogP contribution >= 0.6 is 27.5 Å². The lowest BCUT2D eigenvalue weighted by molar-refractivity contribution is 0.214. The fourth-order valence-corrected chi connectivity index (χ4v) is 2.26. The van der Waals surface area contributed by atoms with Gasteiger partial charge in [0.2, 0.25) is 0 Å². The second-order valence-corrected chi connectivity index (χ2v) is 5.30. The third kappa shape index (κ3) is 3.69. The van der Waals surface area contributed by atoms with Crippen LogP contribution in [0.4, 0.5) is 4.39 Å². The van der Waals surface area contributed by atoms with Crippen molar-refractivity contribution in [3.63, 3.8) is 0 Å². The molecule has 0 fully saturated rings. The molecule has 0 radical (unpaired) electrons. The van der Waals surface area contributed by atoms with Crippen LogP contribution in [0.15, 0.2) is 46.9 Å². The molecule has 1 unspecified atom stereocenters. The average molecular weight is 345 g/mol. The SMILES string of the molecule is NCC(Oc1ccc(F)c(Cl)c1)c1cccc(Br)c1. The molecule has 0 aliphatic carbocycles. The predicted molar refractivity (Wildman–Crippen MR) is 78.0 cm³/mol. The Kier molecular flexibility index (Phi) is 4.80. The Hall–Kier alpha value is -1.10. The van der Waals surface area contributed by atoms with E-state index in [2.05, 4.69) is 15.9 Å². The summed E-state index contributed by atoms with van der Waals surface area (Å²) in [7, 11) is 0. The third-order valence-corrected chi connectivity index (χ3v) is 3.39. The molecule has 2 rings (SSSR count). The van der Waals surface area contributed by atoms with Crippen LogP contribution in [0.25, 0.3) is 0 Å². The zero-order valence-electron chi connectivity index (χ0n) is 9.95. The molecule has 0 amide bonds. The van der Waals surface area contributed by atoms with Gasteiger partial charge in [-0.2, -0.15) is 0 Å². The van der Waals surface area contributed by atoms with Gasteiger partial charge in [0.05, 0.1) is 5.02 Å². The fourth-order valence-electron chi connectivity index (χ4n) is 1.67. The van der Waals surface area contributed by atoms with Crippen LogP contribution < -0.4 is 10.5 Å². The molecule has 0 saturated heterocycles. The van der Waals surface area contributed by atoms with Gasteiger partial charge in [-0.3, -0.25) is 0 Å². The van der Waals surface area contributed by atoms with Gasteiger partial charge in [0.15, 0.2) is 0 Å². The highest BCUT2D eigenvalue weighted by atomic mass is 79.9. The molecule has 2 aromatic carbocycles. The van der Waals surface area contributed by atoms with Crippen LogP contribution in [-0.4, -0.2) is 6.54 Å². The van der Waals surface area contributed by atoms with Gasteiger partial charge in [0.25, 0.3) is 0 Å². The molecular formula is C14H12BrClFNO. The van der Waals surface area contributed by atoms with Gasteiger partial charge < -0.3 is 10.5 Å². The molecule has 0 spiro atoms. The van der Waals surface area contributed by atoms with Gasteiger partial charge in [-0.05, 0) is 29.8 Å². The number of nitrogens with two attached hydrogens (primary N) is 1. The van der Waals surface area contributed by atoms with Crippen LogP contribution in [0.3, 0.4) is 0 Å². The number of hydrogen-bond donors (Lipinski definition) is 1. The maximum absolute atomic E-state index is 13.1. The van der Waals surface area contributed by atoms with Crippen LogP contribution in [0, 0.1) is 5.82 Å². The van der Waals surface area contributed by atoms with Crippen molar-refractivity contribution in [3.05, 3.63) is 63.3 Å². The average Bonchev–Trinajstić information content (AvgIpc) is 2.40. The van der Waals surface area contributed by atoms with Gasteiger partial charge in [0.1, 0.15) is 17.7 Å². The van der Waals surface area contributed by atoms with Crippen molar-refractivity contribution >= 4 is 27.5 Å². The summed E-state index contributed by atoms with van der Waals surface area (Å²) in [4.78, 5) is 0. The largest absolute Gasteiger partial charge is 0.484 e. The lowest BCUT2D eigenvalue weighted by Crippen LogP contribution is -2.18. The first-order valence-electron chi connectivity index (χ1n) is 5.67. The first kappa shape index (κ1) is 14.3. The van der Waals surface area contributed by atoms with Crippen molar-refractivity contribution in [2.75, 3.05) is 6.54 Å². The highest BCUT2D eigenvalue weighted by Gasteiger charge is 2.12. The first-order chi connectivity index (χ1) is 9.10. The monoisotopic (exact) mass is 343 g/mol. The van der Waals surface area contributed by atoms with E-state index in [0.29, 0.717) is 12.3 Å². The van der Waals surface area contributed by atoms with Crippen LogP contribution in [0.5, 0.6) is 5.75 Å². The van der Waals surface area contributed by atoms with E-state index in [1.807, 2.05) is 24.3 Å². The Balaban J connectivity index is 2.21. The first-order valence-corrected chi connectivity index (χ1v) is 6.84. The third-order valence-electron chi connectivity index (χ3n) is 2.60. The lowest BCUT2D eigenvalue weighted by atomic mass is 10.1. The second-order valence-electron chi connectivity index (χ2n) is 3.97. The Morgan fingerprint density at radius 1 is 1.26 bits per heavy atom. The normalized spacial score (nSPS) is 12.2. The van der Waals surface area contributed by atoms with Crippen molar-refractivity contribution < 1.29 is 9.13 Å². The molecule has 0 heterocycles. The standard InChI is InChI=1S/C14H12BrClFNO/c15-10-3-1-2-9(6-10)14(8-18)19-11-4-5-13(17)12(16)7-11/h1-7,14H,8,18H2. The summed E-state index contributed by atoms with van der Waals surface area (Å²) in [5.41, 5.74) is 6.67. The van der Waals surface area contributed by atoms with E-state index < -0.39 is 5.82 Å². The molecule has 19 heavy (non-hydrogen) atoms. The molecule has 5 heteroatoms. The molecular weight excluding hydrogens is 333 g/mol. The number of rotatable bonds is 4. The summed E-state index contributed by atoms with van der Waals surface area (Å²) >= 11 is 9.12. The van der Waals surface area contributed by atoms with Gasteiger partial charge in [0, 0.05) is 17.1 Å². The summed E-state index contributed by atoms with van der Waals surface area (Å²) in [6.45, 7) is 0.311. The topological polar surface area (TPSA) is 35.2 Å². The Labute approximate surface area is 124 Å². The minimum atomic E-state index is -0.472. The van der Waals surface area contributed by atoms with E-state index in [0.717, 1.165) is 10.0 Å². The van der Waals surface area contributed by atoms with Crippen LogP contribution in [0.2, 0.25) is 5.02 Å². The summed E-state index contributed by atoms with van der Waals surface area (Å²) in [6, 6.07) is 11.9. The molecule has 2 nitrogen and oxygen atoms in total. The van der Waals surface area contributed by atoms with E-state index in [1.165, 1.54) is 18.2 Å². The molecule has 0 aliphatic rings. The molecule has 1 atom stereocenters. The van der Waals surface area contributed by atoms with Crippen molar-refractivity contribution in [1.29, 1.82) is 0 Å². The minimum Gasteiger partial charge on any atom is -0.484 e. The molecule has 2 N–H and O–H groups in total. The van der Waals surface area contributed by atoms with E-state index in [9.17, 15) is 4.39 Å². The number of hydrogen-bond acceptors (Lipinski definition) is 2. The highest BCUT2D eigenvalue weighted by molar-refractivity contribution is 9.10. The second kappa shape index (κ2) is 6.37. The number of halogens is 3. The van der Waals surface area contributed by atoms with Crippen molar-refractivity contribution in [2.45, 2.75) is 6.10 Å². The zero-order valence-corrected chi connectivity index (χ0v) is 12.3. The summed E-state index contributed by atoms with van der Waals surface area (Å²) < 4.78 is 19.8. The van der Waals surface area contributed by atoms with Crippen LogP contribution in [-0.2, 0) is 0 Å². The Morgan fingerprint density at radius 3 is 2.68 bits per heavy atom. The van der Waals surface area contributed by atoms with Crippen molar-refractivity contribution in [3.8, 4) is 5.75 Å². The molecule has 0 bridgehead atoms. The zero-order chi connectivity index (χ0) is 13.8. The molecule has 100 valence electrons. The molecule has 0 saturated carbocycles. The fraction of sp³-hybridized carbons (Fsp3) is 0.143. The van der Waals surface area contributed by atoms with E-state index in [4.69, 9.17) is 22.1 Å². The molecule has 2 aromatic rings. The molecule has 0 aliphatic heterocycles. The number of benzene rings is 2. The maximum Gasteiger partial charge on any atom is 0.142 e.